The molecule has 137 heavy (non-hydrogen) atoms. The first-order chi connectivity index (χ1) is 63.4. The zero-order chi connectivity index (χ0) is 101. The van der Waals surface area contributed by atoms with E-state index in [4.69, 9.17) is 0 Å². The van der Waals surface area contributed by atoms with Crippen LogP contribution in [0.5, 0.6) is 0 Å². The van der Waals surface area contributed by atoms with E-state index in [1.165, 1.54) is 449 Å². The zero-order valence-electron chi connectivity index (χ0n) is 90.0. The molecule has 0 aliphatic rings. The molecule has 0 aromatic heterocycles. The number of unbranched alkanes of at least 4 members (excludes halogenated alkanes) is 84. The Bertz CT molecular complexity index is 2500. The molecule has 24 nitrogen and oxygen atoms in total. The van der Waals surface area contributed by atoms with Gasteiger partial charge >= 0.3 is 46.0 Å². The van der Waals surface area contributed by atoms with E-state index in [0.717, 1.165) is 89.9 Å². The second-order valence-electron chi connectivity index (χ2n) is 38.5. The van der Waals surface area contributed by atoms with Gasteiger partial charge in [-0.1, -0.05) is 588 Å². The quantitative estimate of drug-likeness (QED) is 0.0310. The summed E-state index contributed by atoms with van der Waals surface area (Å²) >= 11 is 0. The van der Waals surface area contributed by atoms with Gasteiger partial charge in [0.25, 0.3) is 0 Å². The van der Waals surface area contributed by atoms with Crippen LogP contribution in [-0.2, 0) is 87.3 Å². The topological polar surface area (TPSA) is 486 Å². The molecule has 0 aliphatic heterocycles. The van der Waals surface area contributed by atoms with Crippen molar-refractivity contribution in [3.8, 4) is 0 Å². The summed E-state index contributed by atoms with van der Waals surface area (Å²) in [7, 11) is -27.9. The van der Waals surface area contributed by atoms with Crippen LogP contribution in [0.1, 0.15) is 633 Å². The van der Waals surface area contributed by atoms with Crippen molar-refractivity contribution in [2.75, 3.05) is 40.3 Å². The molecule has 0 spiro atoms. The van der Waals surface area contributed by atoms with Crippen LogP contribution < -0.4 is 29.6 Å². The second kappa shape index (κ2) is 127. The van der Waals surface area contributed by atoms with Crippen LogP contribution in [0, 0.1) is 0 Å². The zero-order valence-corrected chi connectivity index (χ0v) is 97.7. The van der Waals surface area contributed by atoms with Crippen molar-refractivity contribution in [1.29, 1.82) is 0 Å². The van der Waals surface area contributed by atoms with E-state index in [1.54, 1.807) is 0 Å². The van der Waals surface area contributed by atoms with Gasteiger partial charge in [-0.15, -0.1) is 0 Å². The molecule has 0 amide bonds. The maximum absolute atomic E-state index is 10.4. The molecule has 0 fully saturated rings. The molecule has 0 aliphatic carbocycles. The fourth-order valence-electron chi connectivity index (χ4n) is 16.1. The maximum atomic E-state index is 10.4. The molecule has 0 bridgehead atoms. The molecule has 824 valence electrons. The summed E-state index contributed by atoms with van der Waals surface area (Å²) in [4.78, 5) is 0. The number of hydrogen-bond donors (Lipinski definition) is 0. The smallest absolute Gasteiger partial charge is 0.748 e. The average molecular weight is 2110 g/mol. The first kappa shape index (κ1) is 160. The van der Waals surface area contributed by atoms with Crippen LogP contribution >= 0.6 is 0 Å². The van der Waals surface area contributed by atoms with Gasteiger partial charge < -0.3 is 31.9 Å². The first-order valence-corrected chi connectivity index (χ1v) is 67.0. The van der Waals surface area contributed by atoms with Crippen molar-refractivity contribution in [2.45, 2.75) is 633 Å². The summed E-state index contributed by atoms with van der Waals surface area (Å²) in [6.45, 7) is 15.7. The molecule has 0 saturated carbocycles. The molecule has 0 rings (SSSR count). The summed E-state index contributed by atoms with van der Waals surface area (Å²) in [5, 5.41) is 0. The standard InChI is InChI=1S/7C15H32O3S.Na.3O/c7*1-2-3-4-5-6-7-8-9-10-11-12-13-14-15-19(16,17)18;;;;/h7*2-15H2,1H3,(H,16,17,18);;;;/q;;;;;;;+1;3*+2/p-7. The van der Waals surface area contributed by atoms with Gasteiger partial charge in [-0.2, -0.15) is 0 Å². The van der Waals surface area contributed by atoms with E-state index in [1.807, 2.05) is 0 Å². The van der Waals surface area contributed by atoms with Crippen molar-refractivity contribution in [3.05, 3.63) is 0 Å². The summed E-state index contributed by atoms with van der Waals surface area (Å²) in [5.74, 6) is -1.33. The Morgan fingerprint density at radius 2 is 0.146 bits per heavy atom. The molecular weight excluding hydrogens is 1890 g/mol. The van der Waals surface area contributed by atoms with Gasteiger partial charge in [0.15, 0.2) is 0 Å². The molecule has 0 aromatic rings. The normalized spacial score (nSPS) is 11.5. The maximum Gasteiger partial charge on any atom is 2.00 e. The van der Waals surface area contributed by atoms with Gasteiger partial charge in [-0.25, -0.2) is 58.9 Å². The third kappa shape index (κ3) is 195. The predicted molar refractivity (Wildman–Crippen MR) is 564 cm³/mol. The summed E-state index contributed by atoms with van der Waals surface area (Å²) < 4.78 is 218. The van der Waals surface area contributed by atoms with E-state index in [-0.39, 0.29) is 86.3 Å². The van der Waals surface area contributed by atoms with Crippen LogP contribution in [-0.4, -0.2) is 131 Å². The average Bonchev–Trinajstić information content (AvgIpc) is 1.02. The van der Waals surface area contributed by atoms with E-state index in [9.17, 15) is 90.8 Å². The van der Waals surface area contributed by atoms with Crippen molar-refractivity contribution in [3.63, 3.8) is 0 Å². The van der Waals surface area contributed by atoms with Gasteiger partial charge in [0, 0.05) is 40.3 Å². The molecule has 0 aromatic carbocycles. The third-order valence-corrected chi connectivity index (χ3v) is 30.0. The Balaban J connectivity index is -0.000000149. The molecule has 12 radical (unpaired) electrons. The van der Waals surface area contributed by atoms with Crippen LogP contribution in [0.4, 0.5) is 0 Å². The van der Waals surface area contributed by atoms with Gasteiger partial charge in [0.1, 0.15) is 0 Å². The molecule has 0 N–H and O–H groups in total. The van der Waals surface area contributed by atoms with Crippen molar-refractivity contribution >= 4 is 70.8 Å². The van der Waals surface area contributed by atoms with E-state index >= 15 is 0 Å². The Morgan fingerprint density at radius 3 is 0.190 bits per heavy atom. The fraction of sp³-hybridized carbons (Fsp3) is 1.00. The van der Waals surface area contributed by atoms with Gasteiger partial charge in [0.05, 0.1) is 70.8 Å². The molecule has 0 atom stereocenters. The Labute approximate surface area is 873 Å². The summed E-state index contributed by atoms with van der Waals surface area (Å²) in [6, 6.07) is 0. The van der Waals surface area contributed by atoms with Crippen molar-refractivity contribution in [2.24, 2.45) is 0 Å². The third-order valence-electron chi connectivity index (χ3n) is 24.5. The first-order valence-electron chi connectivity index (χ1n) is 56.0. The van der Waals surface area contributed by atoms with Gasteiger partial charge in [-0.3, -0.25) is 0 Å². The number of rotatable bonds is 98. The Morgan fingerprint density at radius 1 is 0.102 bits per heavy atom. The largest absolute Gasteiger partial charge is 2.00 e. The summed E-state index contributed by atoms with van der Waals surface area (Å²) in [5.41, 5.74) is 0. The molecular formula is C105H217NaO24S7. The van der Waals surface area contributed by atoms with Crippen LogP contribution in [0.2, 0.25) is 0 Å². The Kier molecular flexibility index (Phi) is 148. The molecule has 32 heteroatoms. The summed E-state index contributed by atoms with van der Waals surface area (Å²) in [6.07, 6.45) is 110. The van der Waals surface area contributed by atoms with Crippen molar-refractivity contribution in [1.82, 2.24) is 0 Å². The second-order valence-corrected chi connectivity index (χ2v) is 49.2. The predicted octanol–water partition coefficient (Wildman–Crippen LogP) is 29.0. The molecule has 0 saturated heterocycles. The van der Waals surface area contributed by atoms with Gasteiger partial charge in [-0.05, 0) is 44.9 Å². The van der Waals surface area contributed by atoms with E-state index in [2.05, 4.69) is 48.5 Å². The SMILES string of the molecule is CCCCCCCCCCCCCCCS(=O)(=O)[O-].CCCCCCCCCCCCCCCS(=O)(=O)[O-].CCCCCCCCCCCCCCCS(=O)(=O)[O-].CCCCCCCCCCCCCCCS(=O)(=O)[O-].CCCCCCCCCCCCCCCS(=O)(=O)[O-].CCCCCCCCCCCCCCCS(=O)(=O)[O-].CCCCCCCCCCCCCCCS(=O)(=O)[O-].[Na+].[O+2].[O+2].[O+2]. The van der Waals surface area contributed by atoms with Crippen LogP contribution in [0.15, 0.2) is 0 Å². The van der Waals surface area contributed by atoms with Crippen molar-refractivity contribution < 1.29 is 137 Å². The van der Waals surface area contributed by atoms with Crippen LogP contribution in [0.3, 0.4) is 0 Å². The van der Waals surface area contributed by atoms with Gasteiger partial charge in [0.2, 0.25) is 0 Å². The Hall–Kier alpha value is 0.250. The minimum atomic E-state index is -3.99. The van der Waals surface area contributed by atoms with Crippen LogP contribution in [0.25, 0.3) is 0 Å². The minimum absolute atomic E-state index is 0. The monoisotopic (exact) mass is 2110 g/mol. The fourth-order valence-corrected chi connectivity index (χ4v) is 20.0. The minimum Gasteiger partial charge on any atom is -0.748 e. The molecule has 0 unspecified atom stereocenters. The van der Waals surface area contributed by atoms with E-state index < -0.39 is 70.8 Å². The molecule has 0 heterocycles. The number of hydrogen-bond acceptors (Lipinski definition) is 21. The van der Waals surface area contributed by atoms with E-state index in [0.29, 0.717) is 44.9 Å².